The Labute approximate surface area is 123 Å². The van der Waals surface area contributed by atoms with Gasteiger partial charge < -0.3 is 10.5 Å². The molecule has 0 spiro atoms. The number of nitriles is 1. The van der Waals surface area contributed by atoms with Gasteiger partial charge in [-0.2, -0.15) is 5.26 Å². The van der Waals surface area contributed by atoms with Gasteiger partial charge >= 0.3 is 0 Å². The van der Waals surface area contributed by atoms with Crippen LogP contribution in [0.15, 0.2) is 35.7 Å². The van der Waals surface area contributed by atoms with Gasteiger partial charge in [-0.3, -0.25) is 5.10 Å². The molecule has 1 atom stereocenters. The minimum Gasteiger partial charge on any atom is -0.420 e. The standard InChI is InChI=1S/C16H16N4O/c1-3-10-4-6-11(7-5-10)14-12(8-17)15(18)21-16-13(14)9(2)19-20-16/h4-7,14H,3,18H2,1-2H3,(H,19,20)/t14-/m0/s1. The lowest BCUT2D eigenvalue weighted by Crippen LogP contribution is -2.21. The Morgan fingerprint density at radius 3 is 2.71 bits per heavy atom. The maximum atomic E-state index is 9.45. The van der Waals surface area contributed by atoms with Crippen molar-refractivity contribution in [2.75, 3.05) is 0 Å². The highest BCUT2D eigenvalue weighted by atomic mass is 16.5. The summed E-state index contributed by atoms with van der Waals surface area (Å²) in [4.78, 5) is 0. The Bertz CT molecular complexity index is 750. The van der Waals surface area contributed by atoms with Crippen LogP contribution in [0, 0.1) is 18.3 Å². The van der Waals surface area contributed by atoms with Crippen molar-refractivity contribution >= 4 is 0 Å². The van der Waals surface area contributed by atoms with Crippen LogP contribution < -0.4 is 10.5 Å². The fourth-order valence-electron chi connectivity index (χ4n) is 2.68. The number of hydrogen-bond acceptors (Lipinski definition) is 4. The number of fused-ring (bicyclic) bond motifs is 1. The number of nitrogens with one attached hydrogen (secondary N) is 1. The van der Waals surface area contributed by atoms with Crippen molar-refractivity contribution in [1.29, 1.82) is 5.26 Å². The molecule has 1 aliphatic heterocycles. The van der Waals surface area contributed by atoms with Crippen LogP contribution in [0.4, 0.5) is 0 Å². The third-order valence-corrected chi connectivity index (χ3v) is 3.85. The summed E-state index contributed by atoms with van der Waals surface area (Å²) < 4.78 is 5.45. The second-order valence-corrected chi connectivity index (χ2v) is 5.09. The average Bonchev–Trinajstić information content (AvgIpc) is 2.87. The van der Waals surface area contributed by atoms with Gasteiger partial charge in [0.1, 0.15) is 11.6 Å². The summed E-state index contributed by atoms with van der Waals surface area (Å²) in [6, 6.07) is 10.4. The Hall–Kier alpha value is -2.74. The molecule has 2 aromatic rings. The number of ether oxygens (including phenoxy) is 1. The minimum atomic E-state index is -0.233. The van der Waals surface area contributed by atoms with E-state index in [2.05, 4.69) is 35.3 Å². The molecular formula is C16H16N4O. The molecule has 21 heavy (non-hydrogen) atoms. The predicted octanol–water partition coefficient (Wildman–Crippen LogP) is 2.50. The van der Waals surface area contributed by atoms with Gasteiger partial charge in [0.25, 0.3) is 0 Å². The summed E-state index contributed by atoms with van der Waals surface area (Å²) >= 11 is 0. The predicted molar refractivity (Wildman–Crippen MR) is 78.4 cm³/mol. The molecular weight excluding hydrogens is 264 g/mol. The van der Waals surface area contributed by atoms with Crippen LogP contribution >= 0.6 is 0 Å². The zero-order valence-electron chi connectivity index (χ0n) is 12.0. The maximum Gasteiger partial charge on any atom is 0.244 e. The number of hydrogen-bond donors (Lipinski definition) is 2. The molecule has 0 amide bonds. The van der Waals surface area contributed by atoms with E-state index in [0.29, 0.717) is 11.5 Å². The zero-order chi connectivity index (χ0) is 15.0. The summed E-state index contributed by atoms with van der Waals surface area (Å²) in [6.45, 7) is 4.03. The van der Waals surface area contributed by atoms with Gasteiger partial charge in [-0.05, 0) is 24.5 Å². The van der Waals surface area contributed by atoms with E-state index < -0.39 is 0 Å². The number of aromatic amines is 1. The zero-order valence-corrected chi connectivity index (χ0v) is 12.0. The molecule has 5 heteroatoms. The Kier molecular flexibility index (Phi) is 3.15. The number of rotatable bonds is 2. The summed E-state index contributed by atoms with van der Waals surface area (Å²) in [7, 11) is 0. The molecule has 0 bridgehead atoms. The van der Waals surface area contributed by atoms with Crippen molar-refractivity contribution < 1.29 is 4.74 Å². The molecule has 3 rings (SSSR count). The van der Waals surface area contributed by atoms with Gasteiger partial charge in [-0.15, -0.1) is 5.10 Å². The largest absolute Gasteiger partial charge is 0.420 e. The molecule has 0 saturated carbocycles. The first kappa shape index (κ1) is 13.3. The van der Waals surface area contributed by atoms with Gasteiger partial charge in [0, 0.05) is 11.3 Å². The van der Waals surface area contributed by atoms with E-state index in [1.54, 1.807) is 0 Å². The minimum absolute atomic E-state index is 0.126. The van der Waals surface area contributed by atoms with Crippen LogP contribution in [0.3, 0.4) is 0 Å². The molecule has 0 unspecified atom stereocenters. The van der Waals surface area contributed by atoms with Crippen LogP contribution in [-0.2, 0) is 6.42 Å². The van der Waals surface area contributed by atoms with E-state index in [0.717, 1.165) is 23.2 Å². The van der Waals surface area contributed by atoms with E-state index in [1.807, 2.05) is 19.1 Å². The topological polar surface area (TPSA) is 87.7 Å². The van der Waals surface area contributed by atoms with Crippen molar-refractivity contribution in [3.63, 3.8) is 0 Å². The highest BCUT2D eigenvalue weighted by molar-refractivity contribution is 5.55. The lowest BCUT2D eigenvalue weighted by Gasteiger charge is -2.23. The first-order chi connectivity index (χ1) is 10.2. The second kappa shape index (κ2) is 4.98. The normalized spacial score (nSPS) is 17.1. The molecule has 1 aliphatic rings. The highest BCUT2D eigenvalue weighted by Crippen LogP contribution is 2.42. The Morgan fingerprint density at radius 1 is 1.38 bits per heavy atom. The number of benzene rings is 1. The summed E-state index contributed by atoms with van der Waals surface area (Å²) in [5.41, 5.74) is 10.3. The quantitative estimate of drug-likeness (QED) is 0.884. The van der Waals surface area contributed by atoms with Crippen molar-refractivity contribution in [2.45, 2.75) is 26.2 Å². The monoisotopic (exact) mass is 280 g/mol. The van der Waals surface area contributed by atoms with Crippen molar-refractivity contribution in [3.8, 4) is 11.9 Å². The van der Waals surface area contributed by atoms with Gasteiger partial charge in [-0.25, -0.2) is 0 Å². The third kappa shape index (κ3) is 2.05. The van der Waals surface area contributed by atoms with Gasteiger partial charge in [-0.1, -0.05) is 31.2 Å². The maximum absolute atomic E-state index is 9.45. The highest BCUT2D eigenvalue weighted by Gasteiger charge is 2.33. The first-order valence-corrected chi connectivity index (χ1v) is 6.87. The van der Waals surface area contributed by atoms with Crippen molar-refractivity contribution in [2.24, 2.45) is 5.73 Å². The molecule has 5 nitrogen and oxygen atoms in total. The van der Waals surface area contributed by atoms with E-state index >= 15 is 0 Å². The molecule has 0 saturated heterocycles. The second-order valence-electron chi connectivity index (χ2n) is 5.09. The van der Waals surface area contributed by atoms with E-state index in [-0.39, 0.29) is 11.8 Å². The molecule has 1 aromatic heterocycles. The van der Waals surface area contributed by atoms with Crippen molar-refractivity contribution in [3.05, 3.63) is 58.1 Å². The molecule has 1 aromatic carbocycles. The van der Waals surface area contributed by atoms with E-state index in [9.17, 15) is 5.26 Å². The third-order valence-electron chi connectivity index (χ3n) is 3.85. The summed E-state index contributed by atoms with van der Waals surface area (Å²) in [6.07, 6.45) is 0.979. The number of nitrogens with two attached hydrogens (primary N) is 1. The van der Waals surface area contributed by atoms with Gasteiger partial charge in [0.15, 0.2) is 0 Å². The van der Waals surface area contributed by atoms with Gasteiger partial charge in [0.05, 0.1) is 5.92 Å². The SMILES string of the molecule is CCc1ccc([C@H]2C(C#N)=C(N)Oc3n[nH]c(C)c32)cc1. The fourth-order valence-corrected chi connectivity index (χ4v) is 2.68. The summed E-state index contributed by atoms with van der Waals surface area (Å²) in [5.74, 6) is 0.345. The smallest absolute Gasteiger partial charge is 0.244 e. The number of H-pyrrole nitrogens is 1. The average molecular weight is 280 g/mol. The molecule has 106 valence electrons. The van der Waals surface area contributed by atoms with Crippen LogP contribution in [0.2, 0.25) is 0 Å². The molecule has 3 N–H and O–H groups in total. The number of allylic oxidation sites excluding steroid dienone is 1. The van der Waals surface area contributed by atoms with Crippen LogP contribution in [0.1, 0.15) is 35.2 Å². The lowest BCUT2D eigenvalue weighted by molar-refractivity contribution is 0.379. The lowest BCUT2D eigenvalue weighted by atomic mass is 9.84. The molecule has 2 heterocycles. The molecule has 0 radical (unpaired) electrons. The number of aryl methyl sites for hydroxylation is 2. The Morgan fingerprint density at radius 2 is 2.10 bits per heavy atom. The summed E-state index contributed by atoms with van der Waals surface area (Å²) in [5, 5.41) is 16.5. The van der Waals surface area contributed by atoms with Gasteiger partial charge in [0.2, 0.25) is 11.8 Å². The van der Waals surface area contributed by atoms with Crippen LogP contribution in [0.25, 0.3) is 0 Å². The fraction of sp³-hybridized carbons (Fsp3) is 0.250. The number of aromatic nitrogens is 2. The van der Waals surface area contributed by atoms with Crippen molar-refractivity contribution in [1.82, 2.24) is 10.2 Å². The first-order valence-electron chi connectivity index (χ1n) is 6.87. The Balaban J connectivity index is 2.17. The molecule has 0 fully saturated rings. The van der Waals surface area contributed by atoms with Crippen LogP contribution in [0.5, 0.6) is 5.88 Å². The van der Waals surface area contributed by atoms with E-state index in [4.69, 9.17) is 10.5 Å². The molecule has 0 aliphatic carbocycles. The van der Waals surface area contributed by atoms with Crippen LogP contribution in [-0.4, -0.2) is 10.2 Å². The van der Waals surface area contributed by atoms with E-state index in [1.165, 1.54) is 5.56 Å². The number of nitrogens with zero attached hydrogens (tertiary/aromatic N) is 2.